The van der Waals surface area contributed by atoms with Gasteiger partial charge in [-0.25, -0.2) is 13.1 Å². The van der Waals surface area contributed by atoms with Gasteiger partial charge in [-0.3, -0.25) is 0 Å². The quantitative estimate of drug-likeness (QED) is 0.796. The largest absolute Gasteiger partial charge is 0.360 e. The molecule has 2 aromatic heterocycles. The molecule has 1 N–H and O–H groups in total. The van der Waals surface area contributed by atoms with E-state index in [0.717, 1.165) is 22.2 Å². The molecule has 0 radical (unpaired) electrons. The smallest absolute Gasteiger partial charge is 0.246 e. The van der Waals surface area contributed by atoms with Gasteiger partial charge >= 0.3 is 0 Å². The lowest BCUT2D eigenvalue weighted by molar-refractivity contribution is 0.390. The third-order valence-corrected chi connectivity index (χ3v) is 5.69. The van der Waals surface area contributed by atoms with Crippen LogP contribution in [-0.2, 0) is 23.6 Å². The van der Waals surface area contributed by atoms with Gasteiger partial charge < -0.3 is 9.09 Å². The van der Waals surface area contributed by atoms with Crippen LogP contribution in [-0.4, -0.2) is 18.1 Å². The van der Waals surface area contributed by atoms with E-state index < -0.39 is 10.0 Å². The minimum atomic E-state index is -3.64. The number of benzene rings is 1. The average Bonchev–Trinajstić information content (AvgIpc) is 2.97. The maximum atomic E-state index is 12.4. The highest BCUT2D eigenvalue weighted by Crippen LogP contribution is 2.21. The van der Waals surface area contributed by atoms with Crippen LogP contribution >= 0.6 is 0 Å². The molecule has 0 atom stereocenters. The Hall–Kier alpha value is -2.12. The van der Waals surface area contributed by atoms with E-state index >= 15 is 0 Å². The fraction of sp³-hybridized carbons (Fsp3) is 0.312. The van der Waals surface area contributed by atoms with Crippen molar-refractivity contribution < 1.29 is 12.9 Å². The van der Waals surface area contributed by atoms with Crippen LogP contribution in [0.25, 0.3) is 10.9 Å². The summed E-state index contributed by atoms with van der Waals surface area (Å²) >= 11 is 0. The Morgan fingerprint density at radius 2 is 1.96 bits per heavy atom. The molecule has 0 aliphatic rings. The van der Waals surface area contributed by atoms with Crippen LogP contribution in [0.15, 0.2) is 33.7 Å². The molecule has 3 aromatic rings. The lowest BCUT2D eigenvalue weighted by Crippen LogP contribution is -2.24. The molecule has 3 rings (SSSR count). The van der Waals surface area contributed by atoms with E-state index in [-0.39, 0.29) is 11.4 Å². The van der Waals surface area contributed by atoms with Crippen molar-refractivity contribution in [2.24, 2.45) is 7.05 Å². The molecule has 122 valence electrons. The number of nitrogens with one attached hydrogen (secondary N) is 1. The molecular weight excluding hydrogens is 314 g/mol. The van der Waals surface area contributed by atoms with Crippen molar-refractivity contribution in [2.45, 2.75) is 32.2 Å². The van der Waals surface area contributed by atoms with Gasteiger partial charge in [-0.15, -0.1) is 0 Å². The zero-order valence-corrected chi connectivity index (χ0v) is 14.4. The molecular formula is C16H19N3O3S. The van der Waals surface area contributed by atoms with Crippen molar-refractivity contribution in [3.63, 3.8) is 0 Å². The Balaban J connectivity index is 1.86. The van der Waals surface area contributed by atoms with Crippen molar-refractivity contribution in [1.29, 1.82) is 0 Å². The van der Waals surface area contributed by atoms with E-state index in [1.54, 1.807) is 13.8 Å². The zero-order valence-electron chi connectivity index (χ0n) is 13.5. The average molecular weight is 333 g/mol. The normalized spacial score (nSPS) is 12.2. The van der Waals surface area contributed by atoms with Crippen LogP contribution in [0.3, 0.4) is 0 Å². The first-order valence-electron chi connectivity index (χ1n) is 7.27. The molecule has 0 bridgehead atoms. The van der Waals surface area contributed by atoms with Gasteiger partial charge in [0.1, 0.15) is 10.6 Å². The number of hydrogen-bond donors (Lipinski definition) is 1. The third kappa shape index (κ3) is 2.77. The van der Waals surface area contributed by atoms with E-state index in [1.807, 2.05) is 32.2 Å². The Morgan fingerprint density at radius 3 is 2.61 bits per heavy atom. The fourth-order valence-corrected chi connectivity index (χ4v) is 4.10. The van der Waals surface area contributed by atoms with E-state index in [0.29, 0.717) is 11.5 Å². The molecule has 0 saturated heterocycles. The van der Waals surface area contributed by atoms with Gasteiger partial charge in [0.15, 0.2) is 5.76 Å². The summed E-state index contributed by atoms with van der Waals surface area (Å²) in [7, 11) is -1.63. The summed E-state index contributed by atoms with van der Waals surface area (Å²) < 4.78 is 34.5. The zero-order chi connectivity index (χ0) is 16.8. The topological polar surface area (TPSA) is 77.1 Å². The molecule has 1 aromatic carbocycles. The van der Waals surface area contributed by atoms with Crippen LogP contribution in [0.1, 0.15) is 22.7 Å². The summed E-state index contributed by atoms with van der Waals surface area (Å²) in [6.07, 6.45) is 0. The van der Waals surface area contributed by atoms with Gasteiger partial charge in [-0.2, -0.15) is 0 Å². The highest BCUT2D eigenvalue weighted by Gasteiger charge is 2.23. The summed E-state index contributed by atoms with van der Waals surface area (Å²) in [5.41, 5.74) is 3.55. The molecule has 0 saturated carbocycles. The van der Waals surface area contributed by atoms with Crippen LogP contribution in [0.4, 0.5) is 0 Å². The second-order valence-electron chi connectivity index (χ2n) is 5.72. The van der Waals surface area contributed by atoms with Crippen LogP contribution in [0, 0.1) is 20.8 Å². The summed E-state index contributed by atoms with van der Waals surface area (Å²) in [6.45, 7) is 5.47. The Morgan fingerprint density at radius 1 is 1.22 bits per heavy atom. The highest BCUT2D eigenvalue weighted by atomic mass is 32.2. The maximum absolute atomic E-state index is 12.4. The van der Waals surface area contributed by atoms with Crippen molar-refractivity contribution in [1.82, 2.24) is 14.4 Å². The first-order chi connectivity index (χ1) is 10.8. The van der Waals surface area contributed by atoms with Gasteiger partial charge in [0.05, 0.1) is 0 Å². The van der Waals surface area contributed by atoms with Crippen LogP contribution in [0.2, 0.25) is 0 Å². The third-order valence-electron chi connectivity index (χ3n) is 4.05. The summed E-state index contributed by atoms with van der Waals surface area (Å²) in [6, 6.07) is 8.01. The van der Waals surface area contributed by atoms with Gasteiger partial charge in [0.2, 0.25) is 10.0 Å². The van der Waals surface area contributed by atoms with Crippen molar-refractivity contribution in [3.05, 3.63) is 47.0 Å². The van der Waals surface area contributed by atoms with Gasteiger partial charge in [0.25, 0.3) is 0 Å². The van der Waals surface area contributed by atoms with E-state index in [1.165, 1.54) is 0 Å². The van der Waals surface area contributed by atoms with Crippen LogP contribution in [0.5, 0.6) is 0 Å². The van der Waals surface area contributed by atoms with E-state index in [9.17, 15) is 8.42 Å². The molecule has 0 aliphatic carbocycles. The fourth-order valence-electron chi connectivity index (χ4n) is 2.76. The van der Waals surface area contributed by atoms with Crippen LogP contribution < -0.4 is 4.72 Å². The molecule has 0 unspecified atom stereocenters. The van der Waals surface area contributed by atoms with E-state index in [4.69, 9.17) is 4.52 Å². The van der Waals surface area contributed by atoms with E-state index in [2.05, 4.69) is 20.5 Å². The molecule has 23 heavy (non-hydrogen) atoms. The molecule has 7 heteroatoms. The molecule has 0 spiro atoms. The standard InChI is InChI=1S/C16H19N3O3S/c1-10-7-14-8-13(5-6-15(14)19(10)4)9-17-23(20,21)16-11(2)18-22-12(16)3/h5-8,17H,9H2,1-4H3. The molecule has 0 fully saturated rings. The minimum absolute atomic E-state index is 0.120. The number of sulfonamides is 1. The SMILES string of the molecule is Cc1noc(C)c1S(=O)(=O)NCc1ccc2c(c1)cc(C)n2C. The van der Waals surface area contributed by atoms with Crippen molar-refractivity contribution in [2.75, 3.05) is 0 Å². The number of hydrogen-bond acceptors (Lipinski definition) is 4. The number of aryl methyl sites for hydroxylation is 4. The van der Waals surface area contributed by atoms with Gasteiger partial charge in [-0.05, 0) is 44.5 Å². The van der Waals surface area contributed by atoms with Gasteiger partial charge in [-0.1, -0.05) is 11.2 Å². The molecule has 6 nitrogen and oxygen atoms in total. The van der Waals surface area contributed by atoms with Crippen molar-refractivity contribution in [3.8, 4) is 0 Å². The summed E-state index contributed by atoms with van der Waals surface area (Å²) in [5.74, 6) is 0.295. The highest BCUT2D eigenvalue weighted by molar-refractivity contribution is 7.89. The Labute approximate surface area is 135 Å². The number of aromatic nitrogens is 2. The molecule has 2 heterocycles. The molecule has 0 aliphatic heterocycles. The predicted molar refractivity (Wildman–Crippen MR) is 87.7 cm³/mol. The van der Waals surface area contributed by atoms with Gasteiger partial charge in [0, 0.05) is 30.2 Å². The number of rotatable bonds is 4. The lowest BCUT2D eigenvalue weighted by atomic mass is 10.1. The maximum Gasteiger partial charge on any atom is 0.246 e. The van der Waals surface area contributed by atoms with Crippen molar-refractivity contribution >= 4 is 20.9 Å². The summed E-state index contributed by atoms with van der Waals surface area (Å²) in [4.78, 5) is 0.120. The first-order valence-corrected chi connectivity index (χ1v) is 8.75. The Bertz CT molecular complexity index is 964. The lowest BCUT2D eigenvalue weighted by Gasteiger charge is -2.07. The summed E-state index contributed by atoms with van der Waals surface area (Å²) in [5, 5.41) is 4.79. The first kappa shape index (κ1) is 15.8. The predicted octanol–water partition coefficient (Wildman–Crippen LogP) is 2.57. The Kier molecular flexibility index (Phi) is 3.77. The molecule has 0 amide bonds. The second kappa shape index (κ2) is 5.50. The number of fused-ring (bicyclic) bond motifs is 1. The minimum Gasteiger partial charge on any atom is -0.360 e. The second-order valence-corrected chi connectivity index (χ2v) is 7.42. The monoisotopic (exact) mass is 333 g/mol. The number of nitrogens with zero attached hydrogens (tertiary/aromatic N) is 2.